The number of anilines is 1. The molecule has 176 valence electrons. The van der Waals surface area contributed by atoms with Crippen LogP contribution in [0.5, 0.6) is 0 Å². The number of nitro groups is 1. The molecule has 10 nitrogen and oxygen atoms in total. The van der Waals surface area contributed by atoms with Crippen molar-refractivity contribution in [1.82, 2.24) is 20.3 Å². The molecular formula is C23H24ClN7O3. The number of aromatic amines is 1. The lowest BCUT2D eigenvalue weighted by atomic mass is 10.00. The van der Waals surface area contributed by atoms with Crippen LogP contribution in [0.1, 0.15) is 23.2 Å². The van der Waals surface area contributed by atoms with Crippen molar-refractivity contribution in [1.29, 1.82) is 0 Å². The number of carbonyl (C=O) groups is 1. The Morgan fingerprint density at radius 2 is 2.09 bits per heavy atom. The number of nitrogens with two attached hydrogens (primary N) is 1. The Bertz CT molecular complexity index is 1400. The Morgan fingerprint density at radius 3 is 2.82 bits per heavy atom. The summed E-state index contributed by atoms with van der Waals surface area (Å²) in [6.45, 7) is 1.25. The molecule has 4 aromatic rings. The number of piperidine rings is 1. The predicted octanol–water partition coefficient (Wildman–Crippen LogP) is 3.40. The van der Waals surface area contributed by atoms with Crippen LogP contribution in [0.4, 0.5) is 11.4 Å². The quantitative estimate of drug-likeness (QED) is 0.299. The number of pyridine rings is 2. The molecule has 0 bridgehead atoms. The minimum atomic E-state index is -0.389. The summed E-state index contributed by atoms with van der Waals surface area (Å²) in [5, 5.41) is 16.0. The molecule has 1 aliphatic rings. The molecule has 4 N–H and O–H groups in total. The van der Waals surface area contributed by atoms with E-state index in [1.54, 1.807) is 13.1 Å². The van der Waals surface area contributed by atoms with Crippen LogP contribution in [0.15, 0.2) is 42.9 Å². The average Bonchev–Trinajstić information content (AvgIpc) is 3.25. The molecule has 4 heterocycles. The molecule has 0 spiro atoms. The molecule has 5 rings (SSSR count). The van der Waals surface area contributed by atoms with Gasteiger partial charge in [0.1, 0.15) is 17.5 Å². The Morgan fingerprint density at radius 1 is 1.26 bits per heavy atom. The number of halogens is 1. The van der Waals surface area contributed by atoms with Gasteiger partial charge in [0, 0.05) is 54.9 Å². The van der Waals surface area contributed by atoms with Gasteiger partial charge in [-0.25, -0.2) is 9.97 Å². The van der Waals surface area contributed by atoms with Gasteiger partial charge in [-0.3, -0.25) is 14.9 Å². The summed E-state index contributed by atoms with van der Waals surface area (Å²) in [5.74, 6) is -0.224. The zero-order valence-electron chi connectivity index (χ0n) is 18.4. The molecular weight excluding hydrogens is 458 g/mol. The van der Waals surface area contributed by atoms with Gasteiger partial charge < -0.3 is 20.9 Å². The van der Waals surface area contributed by atoms with Crippen molar-refractivity contribution in [3.63, 3.8) is 0 Å². The maximum Gasteiger partial charge on any atom is 0.311 e. The number of amides is 1. The first-order valence-electron chi connectivity index (χ1n) is 10.7. The van der Waals surface area contributed by atoms with E-state index in [1.165, 1.54) is 12.4 Å². The molecule has 0 unspecified atom stereocenters. The van der Waals surface area contributed by atoms with Gasteiger partial charge in [0.25, 0.3) is 5.91 Å². The Kier molecular flexibility index (Phi) is 6.36. The number of hydrogen-bond acceptors (Lipinski definition) is 7. The number of benzene rings is 1. The van der Waals surface area contributed by atoms with Gasteiger partial charge in [-0.05, 0) is 36.6 Å². The largest absolute Gasteiger partial charge is 0.364 e. The Hall–Kier alpha value is -3.76. The molecule has 1 aromatic carbocycles. The molecule has 0 saturated carbocycles. The van der Waals surface area contributed by atoms with Crippen LogP contribution in [0, 0.1) is 10.1 Å². The number of hydrogen-bond donors (Lipinski definition) is 3. The van der Waals surface area contributed by atoms with E-state index < -0.39 is 0 Å². The third-order valence-electron chi connectivity index (χ3n) is 6.12. The Balaban J connectivity index is 0.00000274. The lowest BCUT2D eigenvalue weighted by Crippen LogP contribution is -2.43. The molecule has 1 atom stereocenters. The number of aromatic nitrogens is 3. The molecule has 1 aliphatic heterocycles. The zero-order chi connectivity index (χ0) is 23.1. The number of nitrogens with zero attached hydrogens (tertiary/aromatic N) is 4. The minimum Gasteiger partial charge on any atom is -0.364 e. The van der Waals surface area contributed by atoms with Gasteiger partial charge in [-0.2, -0.15) is 0 Å². The van der Waals surface area contributed by atoms with Crippen molar-refractivity contribution in [2.75, 3.05) is 25.0 Å². The van der Waals surface area contributed by atoms with Crippen molar-refractivity contribution in [2.45, 2.75) is 18.9 Å². The second-order valence-corrected chi connectivity index (χ2v) is 8.23. The SMILES string of the molecule is CNC(=O)c1cnc2[nH]cc(-c3ccc4ncc([N+](=O)[O-])c(N5CCC[C@H](N)C5)c4c3)c2c1.Cl. The highest BCUT2D eigenvalue weighted by Crippen LogP contribution is 2.39. The van der Waals surface area contributed by atoms with Gasteiger partial charge in [0.2, 0.25) is 0 Å². The molecule has 0 radical (unpaired) electrons. The summed E-state index contributed by atoms with van der Waals surface area (Å²) >= 11 is 0. The number of fused-ring (bicyclic) bond motifs is 2. The van der Waals surface area contributed by atoms with E-state index in [9.17, 15) is 14.9 Å². The zero-order valence-corrected chi connectivity index (χ0v) is 19.3. The molecule has 3 aromatic heterocycles. The number of H-pyrrole nitrogens is 1. The summed E-state index contributed by atoms with van der Waals surface area (Å²) in [5.41, 5.74) is 10.2. The fourth-order valence-electron chi connectivity index (χ4n) is 4.53. The monoisotopic (exact) mass is 481 g/mol. The van der Waals surface area contributed by atoms with Crippen molar-refractivity contribution in [3.8, 4) is 11.1 Å². The van der Waals surface area contributed by atoms with Crippen LogP contribution in [-0.2, 0) is 0 Å². The van der Waals surface area contributed by atoms with Crippen LogP contribution in [-0.4, -0.2) is 52.0 Å². The van der Waals surface area contributed by atoms with Gasteiger partial charge in [-0.15, -0.1) is 12.4 Å². The van der Waals surface area contributed by atoms with E-state index in [2.05, 4.69) is 20.3 Å². The van der Waals surface area contributed by atoms with Gasteiger partial charge in [-0.1, -0.05) is 6.07 Å². The third kappa shape index (κ3) is 4.02. The molecule has 34 heavy (non-hydrogen) atoms. The lowest BCUT2D eigenvalue weighted by Gasteiger charge is -2.32. The van der Waals surface area contributed by atoms with Crippen molar-refractivity contribution in [3.05, 3.63) is 58.5 Å². The third-order valence-corrected chi connectivity index (χ3v) is 6.12. The second kappa shape index (κ2) is 9.24. The van der Waals surface area contributed by atoms with E-state index in [0.29, 0.717) is 40.9 Å². The van der Waals surface area contributed by atoms with Gasteiger partial charge in [0.15, 0.2) is 0 Å². The van der Waals surface area contributed by atoms with E-state index in [1.807, 2.05) is 29.3 Å². The summed E-state index contributed by atoms with van der Waals surface area (Å²) in [4.78, 5) is 37.4. The first kappa shape index (κ1) is 23.4. The highest BCUT2D eigenvalue weighted by molar-refractivity contribution is 6.04. The van der Waals surface area contributed by atoms with Crippen LogP contribution in [0.3, 0.4) is 0 Å². The van der Waals surface area contributed by atoms with Crippen LogP contribution in [0.2, 0.25) is 0 Å². The summed E-state index contributed by atoms with van der Waals surface area (Å²) < 4.78 is 0. The molecule has 1 amide bonds. The van der Waals surface area contributed by atoms with Crippen molar-refractivity contribution < 1.29 is 9.72 Å². The molecule has 11 heteroatoms. The minimum absolute atomic E-state index is 0. The van der Waals surface area contributed by atoms with E-state index >= 15 is 0 Å². The van der Waals surface area contributed by atoms with Gasteiger partial charge in [0.05, 0.1) is 16.0 Å². The summed E-state index contributed by atoms with van der Waals surface area (Å²) in [6.07, 6.45) is 6.44. The van der Waals surface area contributed by atoms with Crippen molar-refractivity contribution >= 4 is 51.6 Å². The first-order chi connectivity index (χ1) is 16.0. The second-order valence-electron chi connectivity index (χ2n) is 8.23. The number of carbonyl (C=O) groups excluding carboxylic acids is 1. The maximum atomic E-state index is 12.1. The van der Waals surface area contributed by atoms with Gasteiger partial charge >= 0.3 is 5.69 Å². The highest BCUT2D eigenvalue weighted by Gasteiger charge is 2.27. The predicted molar refractivity (Wildman–Crippen MR) is 134 cm³/mol. The normalized spacial score (nSPS) is 15.8. The summed E-state index contributed by atoms with van der Waals surface area (Å²) in [7, 11) is 1.57. The molecule has 0 aliphatic carbocycles. The lowest BCUT2D eigenvalue weighted by molar-refractivity contribution is -0.384. The smallest absolute Gasteiger partial charge is 0.311 e. The maximum absolute atomic E-state index is 12.1. The van der Waals surface area contributed by atoms with Crippen molar-refractivity contribution in [2.24, 2.45) is 5.73 Å². The Labute approximate surface area is 201 Å². The van der Waals surface area contributed by atoms with E-state index in [0.717, 1.165) is 29.4 Å². The van der Waals surface area contributed by atoms with Crippen LogP contribution in [0.25, 0.3) is 33.1 Å². The molecule has 1 saturated heterocycles. The number of nitrogens with one attached hydrogen (secondary N) is 2. The van der Waals surface area contributed by atoms with Crippen LogP contribution < -0.4 is 16.0 Å². The topological polar surface area (TPSA) is 143 Å². The van der Waals surface area contributed by atoms with E-state index in [4.69, 9.17) is 5.73 Å². The van der Waals surface area contributed by atoms with E-state index in [-0.39, 0.29) is 35.0 Å². The highest BCUT2D eigenvalue weighted by atomic mass is 35.5. The summed E-state index contributed by atoms with van der Waals surface area (Å²) in [6, 6.07) is 7.44. The fourth-order valence-corrected chi connectivity index (χ4v) is 4.53. The van der Waals surface area contributed by atoms with Crippen LogP contribution >= 0.6 is 12.4 Å². The first-order valence-corrected chi connectivity index (χ1v) is 10.7. The number of rotatable bonds is 4. The average molecular weight is 482 g/mol. The fraction of sp³-hybridized carbons (Fsp3) is 0.261. The standard InChI is InChI=1S/C23H23N7O3.ClH/c1-25-23(31)14-8-16-18(10-28-22(16)27-9-14)13-4-5-19-17(7-13)21(20(11-26-19)30(32)33)29-6-2-3-15(24)12-29;/h4-5,7-11,15H,2-3,6,12,24H2,1H3,(H,25,31)(H,27,28);1H/t15-;/m0./s1. The molecule has 1 fully saturated rings.